The molecule has 0 unspecified atom stereocenters. The summed E-state index contributed by atoms with van der Waals surface area (Å²) >= 11 is 0. The molecule has 0 spiro atoms. The van der Waals surface area contributed by atoms with Gasteiger partial charge in [0.1, 0.15) is 6.10 Å². The Hall–Kier alpha value is -0.610. The molecule has 0 saturated heterocycles. The van der Waals surface area contributed by atoms with Gasteiger partial charge in [0.2, 0.25) is 0 Å². The van der Waals surface area contributed by atoms with Gasteiger partial charge in [-0.1, -0.05) is 27.2 Å². The summed E-state index contributed by atoms with van der Waals surface area (Å²) in [5.41, 5.74) is -0.821. The van der Waals surface area contributed by atoms with Gasteiger partial charge in [0, 0.05) is 6.92 Å². The van der Waals surface area contributed by atoms with Gasteiger partial charge in [-0.2, -0.15) is 0 Å². The smallest absolute Gasteiger partial charge is 0.302 e. The van der Waals surface area contributed by atoms with Crippen LogP contribution in [-0.4, -0.2) is 33.5 Å². The van der Waals surface area contributed by atoms with Gasteiger partial charge in [-0.15, -0.1) is 0 Å². The summed E-state index contributed by atoms with van der Waals surface area (Å²) < 4.78 is 5.63. The van der Waals surface area contributed by atoms with Crippen LogP contribution < -0.4 is 0 Å². The van der Waals surface area contributed by atoms with E-state index in [0.29, 0.717) is 17.3 Å². The third kappa shape index (κ3) is 4.41. The molecule has 4 aliphatic carbocycles. The minimum Gasteiger partial charge on any atom is -0.463 e. The molecular formula is C29H50O4. The third-order valence-corrected chi connectivity index (χ3v) is 11.4. The first-order valence-electron chi connectivity index (χ1n) is 13.9. The van der Waals surface area contributed by atoms with Gasteiger partial charge in [-0.3, -0.25) is 4.79 Å². The fraction of sp³-hybridized carbons (Fsp3) is 0.966. The third-order valence-electron chi connectivity index (χ3n) is 11.4. The lowest BCUT2D eigenvalue weighted by Crippen LogP contribution is -2.58. The van der Waals surface area contributed by atoms with Crippen LogP contribution in [0, 0.1) is 40.4 Å². The molecule has 4 saturated carbocycles. The van der Waals surface area contributed by atoms with Crippen molar-refractivity contribution in [2.75, 3.05) is 0 Å². The fourth-order valence-corrected chi connectivity index (χ4v) is 9.50. The van der Waals surface area contributed by atoms with Crippen molar-refractivity contribution in [3.05, 3.63) is 0 Å². The summed E-state index contributed by atoms with van der Waals surface area (Å²) in [4.78, 5) is 11.5. The van der Waals surface area contributed by atoms with Gasteiger partial charge >= 0.3 is 5.97 Å². The van der Waals surface area contributed by atoms with Crippen molar-refractivity contribution < 1.29 is 19.7 Å². The van der Waals surface area contributed by atoms with E-state index in [1.54, 1.807) is 6.92 Å². The first-order chi connectivity index (χ1) is 15.3. The average Bonchev–Trinajstić information content (AvgIpc) is 2.99. The van der Waals surface area contributed by atoms with E-state index in [4.69, 9.17) is 4.74 Å². The molecule has 0 heterocycles. The quantitative estimate of drug-likeness (QED) is 0.457. The van der Waals surface area contributed by atoms with Gasteiger partial charge in [0.05, 0.1) is 11.2 Å². The largest absolute Gasteiger partial charge is 0.463 e. The Morgan fingerprint density at radius 2 is 1.76 bits per heavy atom. The monoisotopic (exact) mass is 462 g/mol. The Morgan fingerprint density at radius 1 is 1.06 bits per heavy atom. The molecule has 0 radical (unpaired) electrons. The van der Waals surface area contributed by atoms with Gasteiger partial charge in [0.25, 0.3) is 0 Å². The molecule has 0 aromatic heterocycles. The van der Waals surface area contributed by atoms with E-state index in [9.17, 15) is 15.0 Å². The summed E-state index contributed by atoms with van der Waals surface area (Å²) in [7, 11) is 0. The Labute approximate surface area is 202 Å². The second-order valence-corrected chi connectivity index (χ2v) is 13.7. The molecule has 0 aromatic rings. The lowest BCUT2D eigenvalue weighted by atomic mass is 9.44. The first kappa shape index (κ1) is 25.5. The second kappa shape index (κ2) is 8.80. The molecule has 190 valence electrons. The highest BCUT2D eigenvalue weighted by Crippen LogP contribution is 2.69. The van der Waals surface area contributed by atoms with Crippen LogP contribution in [0.25, 0.3) is 0 Å². The van der Waals surface area contributed by atoms with Crippen LogP contribution >= 0.6 is 0 Å². The maximum absolute atomic E-state index is 12.1. The van der Waals surface area contributed by atoms with E-state index >= 15 is 0 Å². The lowest BCUT2D eigenvalue weighted by Gasteiger charge is -2.62. The van der Waals surface area contributed by atoms with Gasteiger partial charge in [0.15, 0.2) is 0 Å². The van der Waals surface area contributed by atoms with Crippen molar-refractivity contribution >= 4 is 5.97 Å². The Morgan fingerprint density at radius 3 is 2.42 bits per heavy atom. The fourth-order valence-electron chi connectivity index (χ4n) is 9.50. The Bertz CT molecular complexity index is 728. The van der Waals surface area contributed by atoms with Crippen molar-refractivity contribution in [1.29, 1.82) is 0 Å². The molecule has 4 aliphatic rings. The van der Waals surface area contributed by atoms with Crippen LogP contribution in [0.2, 0.25) is 0 Å². The highest BCUT2D eigenvalue weighted by Gasteiger charge is 2.65. The summed E-state index contributed by atoms with van der Waals surface area (Å²) in [6.07, 6.45) is 13.1. The predicted octanol–water partition coefficient (Wildman–Crippen LogP) is 6.27. The van der Waals surface area contributed by atoms with Gasteiger partial charge in [-0.05, 0) is 125 Å². The predicted molar refractivity (Wildman–Crippen MR) is 132 cm³/mol. The lowest BCUT2D eigenvalue weighted by molar-refractivity contribution is -0.178. The number of fused-ring (bicyclic) bond motifs is 5. The number of rotatable bonds is 6. The number of carbonyl (C=O) groups excluding carboxylic acids is 1. The molecular weight excluding hydrogens is 412 g/mol. The number of carbonyl (C=O) groups is 1. The number of aliphatic hydroxyl groups is 2. The maximum Gasteiger partial charge on any atom is 0.302 e. The molecule has 0 aliphatic heterocycles. The van der Waals surface area contributed by atoms with Crippen LogP contribution in [0.3, 0.4) is 0 Å². The molecule has 4 heteroatoms. The number of hydrogen-bond donors (Lipinski definition) is 2. The Kier molecular flexibility index (Phi) is 6.80. The van der Waals surface area contributed by atoms with Crippen LogP contribution in [0.4, 0.5) is 0 Å². The van der Waals surface area contributed by atoms with Crippen molar-refractivity contribution in [3.8, 4) is 0 Å². The maximum atomic E-state index is 12.1. The topological polar surface area (TPSA) is 66.8 Å². The molecule has 0 aromatic carbocycles. The zero-order valence-electron chi connectivity index (χ0n) is 22.2. The molecule has 4 fully saturated rings. The summed E-state index contributed by atoms with van der Waals surface area (Å²) in [6.45, 7) is 12.5. The molecule has 9 atom stereocenters. The molecule has 4 rings (SSSR count). The molecule has 2 N–H and O–H groups in total. The van der Waals surface area contributed by atoms with Crippen molar-refractivity contribution in [3.63, 3.8) is 0 Å². The highest BCUT2D eigenvalue weighted by molar-refractivity contribution is 5.66. The number of esters is 1. The first-order valence-corrected chi connectivity index (χ1v) is 13.9. The molecule has 4 nitrogen and oxygen atoms in total. The van der Waals surface area contributed by atoms with E-state index in [2.05, 4.69) is 20.8 Å². The summed E-state index contributed by atoms with van der Waals surface area (Å²) in [5, 5.41) is 22.3. The SMILES string of the molecule is CC(=O)O[C@H]1CC[C@@]2(C)[C@@H](CC[C@@H]3[C@@H]2CC[C@@]2(C)[C@H]3CC[C@]2(O)[C@H](C)CCCC(C)(C)O)C1. The van der Waals surface area contributed by atoms with Crippen LogP contribution in [-0.2, 0) is 9.53 Å². The van der Waals surface area contributed by atoms with E-state index in [0.717, 1.165) is 56.8 Å². The standard InChI is InChI=1S/C29H50O4/c1-19(8-7-14-26(3,4)31)29(32)17-13-25-23-10-9-21-18-22(33-20(2)30)11-15-27(21,5)24(23)12-16-28(25,29)6/h19,21-25,31-32H,7-18H2,1-6H3/t19-,21+,22+,23-,24+,25+,27+,28+,29+/m1/s1. The average molecular weight is 463 g/mol. The van der Waals surface area contributed by atoms with Crippen LogP contribution in [0.1, 0.15) is 119 Å². The van der Waals surface area contributed by atoms with Gasteiger partial charge < -0.3 is 14.9 Å². The summed E-state index contributed by atoms with van der Waals surface area (Å²) in [5.74, 6) is 2.92. The van der Waals surface area contributed by atoms with Crippen molar-refractivity contribution in [1.82, 2.24) is 0 Å². The zero-order valence-corrected chi connectivity index (χ0v) is 22.2. The van der Waals surface area contributed by atoms with E-state index in [1.807, 2.05) is 13.8 Å². The molecule has 0 amide bonds. The highest BCUT2D eigenvalue weighted by atomic mass is 16.5. The number of ether oxygens (including phenoxy) is 1. The van der Waals surface area contributed by atoms with Crippen LogP contribution in [0.15, 0.2) is 0 Å². The normalized spacial score (nSPS) is 46.1. The van der Waals surface area contributed by atoms with Crippen LogP contribution in [0.5, 0.6) is 0 Å². The second-order valence-electron chi connectivity index (χ2n) is 13.7. The Balaban J connectivity index is 1.46. The van der Waals surface area contributed by atoms with E-state index in [-0.39, 0.29) is 23.4 Å². The minimum atomic E-state index is -0.620. The molecule has 0 bridgehead atoms. The summed E-state index contributed by atoms with van der Waals surface area (Å²) in [6, 6.07) is 0. The number of hydrogen-bond acceptors (Lipinski definition) is 4. The van der Waals surface area contributed by atoms with E-state index < -0.39 is 11.2 Å². The van der Waals surface area contributed by atoms with E-state index in [1.165, 1.54) is 32.1 Å². The van der Waals surface area contributed by atoms with Crippen molar-refractivity contribution in [2.45, 2.75) is 136 Å². The molecule has 33 heavy (non-hydrogen) atoms. The van der Waals surface area contributed by atoms with Gasteiger partial charge in [-0.25, -0.2) is 0 Å². The minimum absolute atomic E-state index is 0.0143. The zero-order chi connectivity index (χ0) is 24.2. The van der Waals surface area contributed by atoms with Crippen molar-refractivity contribution in [2.24, 2.45) is 40.4 Å².